The van der Waals surface area contributed by atoms with E-state index in [1.807, 2.05) is 6.92 Å². The highest BCUT2D eigenvalue weighted by Crippen LogP contribution is 2.30. The summed E-state index contributed by atoms with van der Waals surface area (Å²) in [5.74, 6) is 0.374. The molecule has 2 rings (SSSR count). The summed E-state index contributed by atoms with van der Waals surface area (Å²) in [6, 6.07) is 11.5. The fourth-order valence-corrected chi connectivity index (χ4v) is 2.04. The second-order valence-electron chi connectivity index (χ2n) is 4.74. The van der Waals surface area contributed by atoms with Gasteiger partial charge in [0.1, 0.15) is 11.3 Å². The third-order valence-electron chi connectivity index (χ3n) is 3.18. The number of benzene rings is 2. The molecule has 0 unspecified atom stereocenters. The van der Waals surface area contributed by atoms with Crippen molar-refractivity contribution >= 4 is 11.8 Å². The molecule has 0 amide bonds. The van der Waals surface area contributed by atoms with Crippen LogP contribution in [0.25, 0.3) is 0 Å². The number of hydrogen-bond donors (Lipinski definition) is 0. The Morgan fingerprint density at radius 3 is 2.39 bits per heavy atom. The van der Waals surface area contributed by atoms with E-state index in [2.05, 4.69) is 0 Å². The lowest BCUT2D eigenvalue weighted by Crippen LogP contribution is -2.11. The van der Waals surface area contributed by atoms with E-state index in [0.29, 0.717) is 29.2 Å². The Hall–Kier alpha value is -2.82. The standard InChI is InChI=1S/C18H18O5/c1-4-22-15-8-6-5-7-14(15)18(20)23-16-10-9-13(12(2)19)11-17(16)21-3/h5-11H,4H2,1-3H3. The summed E-state index contributed by atoms with van der Waals surface area (Å²) in [5, 5.41) is 0. The van der Waals surface area contributed by atoms with E-state index in [1.165, 1.54) is 20.1 Å². The third-order valence-corrected chi connectivity index (χ3v) is 3.18. The smallest absolute Gasteiger partial charge is 0.347 e. The molecule has 0 heterocycles. The Morgan fingerprint density at radius 2 is 1.74 bits per heavy atom. The van der Waals surface area contributed by atoms with Gasteiger partial charge in [-0.05, 0) is 44.2 Å². The van der Waals surface area contributed by atoms with Gasteiger partial charge < -0.3 is 14.2 Å². The van der Waals surface area contributed by atoms with Crippen molar-refractivity contribution in [1.29, 1.82) is 0 Å². The maximum atomic E-state index is 12.4. The first-order chi connectivity index (χ1) is 11.1. The summed E-state index contributed by atoms with van der Waals surface area (Å²) in [7, 11) is 1.45. The zero-order valence-electron chi connectivity index (χ0n) is 13.3. The molecule has 0 N–H and O–H groups in total. The van der Waals surface area contributed by atoms with Crippen molar-refractivity contribution in [3.05, 3.63) is 53.6 Å². The van der Waals surface area contributed by atoms with Crippen molar-refractivity contribution in [2.45, 2.75) is 13.8 Å². The van der Waals surface area contributed by atoms with Gasteiger partial charge in [-0.3, -0.25) is 4.79 Å². The molecule has 2 aromatic carbocycles. The van der Waals surface area contributed by atoms with Crippen LogP contribution in [0.3, 0.4) is 0 Å². The van der Waals surface area contributed by atoms with Crippen molar-refractivity contribution in [1.82, 2.24) is 0 Å². The number of para-hydroxylation sites is 1. The number of esters is 1. The van der Waals surface area contributed by atoms with Crippen molar-refractivity contribution in [2.75, 3.05) is 13.7 Å². The molecule has 5 heteroatoms. The van der Waals surface area contributed by atoms with E-state index >= 15 is 0 Å². The van der Waals surface area contributed by atoms with Crippen molar-refractivity contribution < 1.29 is 23.8 Å². The number of carbonyl (C=O) groups excluding carboxylic acids is 2. The van der Waals surface area contributed by atoms with Crippen molar-refractivity contribution in [3.63, 3.8) is 0 Å². The fraction of sp³-hybridized carbons (Fsp3) is 0.222. The first-order valence-corrected chi connectivity index (χ1v) is 7.19. The minimum Gasteiger partial charge on any atom is -0.493 e. The van der Waals surface area contributed by atoms with Gasteiger partial charge in [0, 0.05) is 5.56 Å². The lowest BCUT2D eigenvalue weighted by Gasteiger charge is -2.12. The highest BCUT2D eigenvalue weighted by Gasteiger charge is 2.17. The zero-order chi connectivity index (χ0) is 16.8. The normalized spacial score (nSPS) is 10.0. The van der Waals surface area contributed by atoms with Gasteiger partial charge >= 0.3 is 5.97 Å². The van der Waals surface area contributed by atoms with E-state index in [4.69, 9.17) is 14.2 Å². The Kier molecular flexibility index (Phi) is 5.36. The van der Waals surface area contributed by atoms with Gasteiger partial charge in [0.15, 0.2) is 17.3 Å². The number of Topliss-reactive ketones (excluding diaryl/α,β-unsaturated/α-hetero) is 1. The van der Waals surface area contributed by atoms with Gasteiger partial charge in [0.2, 0.25) is 0 Å². The SMILES string of the molecule is CCOc1ccccc1C(=O)Oc1ccc(C(C)=O)cc1OC. The van der Waals surface area contributed by atoms with E-state index in [0.717, 1.165) is 0 Å². The molecule has 23 heavy (non-hydrogen) atoms. The number of methoxy groups -OCH3 is 1. The molecular formula is C18H18O5. The van der Waals surface area contributed by atoms with E-state index in [-0.39, 0.29) is 11.5 Å². The van der Waals surface area contributed by atoms with Gasteiger partial charge in [0.05, 0.1) is 13.7 Å². The highest BCUT2D eigenvalue weighted by molar-refractivity contribution is 5.96. The van der Waals surface area contributed by atoms with Gasteiger partial charge in [-0.25, -0.2) is 4.79 Å². The molecule has 0 aliphatic carbocycles. The predicted molar refractivity (Wildman–Crippen MR) is 85.6 cm³/mol. The van der Waals surface area contributed by atoms with Gasteiger partial charge in [-0.15, -0.1) is 0 Å². The highest BCUT2D eigenvalue weighted by atomic mass is 16.6. The molecule has 0 saturated heterocycles. The van der Waals surface area contributed by atoms with Crippen molar-refractivity contribution in [2.24, 2.45) is 0 Å². The largest absolute Gasteiger partial charge is 0.493 e. The first-order valence-electron chi connectivity index (χ1n) is 7.19. The monoisotopic (exact) mass is 314 g/mol. The van der Waals surface area contributed by atoms with Crippen LogP contribution in [-0.4, -0.2) is 25.5 Å². The maximum Gasteiger partial charge on any atom is 0.347 e. The van der Waals surface area contributed by atoms with Crippen LogP contribution >= 0.6 is 0 Å². The van der Waals surface area contributed by atoms with E-state index < -0.39 is 5.97 Å². The fourth-order valence-electron chi connectivity index (χ4n) is 2.04. The number of rotatable bonds is 6. The molecule has 0 atom stereocenters. The van der Waals surface area contributed by atoms with Crippen LogP contribution in [-0.2, 0) is 0 Å². The van der Waals surface area contributed by atoms with E-state index in [9.17, 15) is 9.59 Å². The topological polar surface area (TPSA) is 61.8 Å². The molecule has 0 saturated carbocycles. The molecule has 0 aliphatic rings. The third kappa shape index (κ3) is 3.88. The Bertz CT molecular complexity index is 721. The molecule has 0 radical (unpaired) electrons. The average Bonchev–Trinajstić information content (AvgIpc) is 2.55. The van der Waals surface area contributed by atoms with Crippen LogP contribution in [0.5, 0.6) is 17.2 Å². The molecule has 0 aliphatic heterocycles. The molecule has 0 bridgehead atoms. The minimum absolute atomic E-state index is 0.0946. The summed E-state index contributed by atoms with van der Waals surface area (Å²) >= 11 is 0. The minimum atomic E-state index is -0.553. The van der Waals surface area contributed by atoms with Gasteiger partial charge in [-0.2, -0.15) is 0 Å². The van der Waals surface area contributed by atoms with Crippen LogP contribution in [0.4, 0.5) is 0 Å². The summed E-state index contributed by atoms with van der Waals surface area (Å²) in [4.78, 5) is 23.8. The number of carbonyl (C=O) groups is 2. The molecule has 0 fully saturated rings. The van der Waals surface area contributed by atoms with Crippen LogP contribution in [0.2, 0.25) is 0 Å². The summed E-state index contributed by atoms with van der Waals surface area (Å²) in [5.41, 5.74) is 0.809. The Morgan fingerprint density at radius 1 is 1.00 bits per heavy atom. The average molecular weight is 314 g/mol. The maximum absolute atomic E-state index is 12.4. The Balaban J connectivity index is 2.28. The predicted octanol–water partition coefficient (Wildman–Crippen LogP) is 3.52. The second-order valence-corrected chi connectivity index (χ2v) is 4.74. The molecule has 120 valence electrons. The van der Waals surface area contributed by atoms with Crippen LogP contribution in [0, 0.1) is 0 Å². The molecular weight excluding hydrogens is 296 g/mol. The van der Waals surface area contributed by atoms with Crippen LogP contribution < -0.4 is 14.2 Å². The molecule has 2 aromatic rings. The lowest BCUT2D eigenvalue weighted by molar-refractivity contribution is 0.0725. The quantitative estimate of drug-likeness (QED) is 0.464. The zero-order valence-corrected chi connectivity index (χ0v) is 13.3. The lowest BCUT2D eigenvalue weighted by atomic mass is 10.1. The van der Waals surface area contributed by atoms with Gasteiger partial charge in [-0.1, -0.05) is 12.1 Å². The van der Waals surface area contributed by atoms with E-state index in [1.54, 1.807) is 36.4 Å². The second kappa shape index (κ2) is 7.45. The Labute approximate surface area is 134 Å². The van der Waals surface area contributed by atoms with Crippen molar-refractivity contribution in [3.8, 4) is 17.2 Å². The molecule has 0 aromatic heterocycles. The number of ketones is 1. The van der Waals surface area contributed by atoms with Crippen LogP contribution in [0.15, 0.2) is 42.5 Å². The van der Waals surface area contributed by atoms with Gasteiger partial charge in [0.25, 0.3) is 0 Å². The summed E-state index contributed by atoms with van der Waals surface area (Å²) < 4.78 is 16.0. The van der Waals surface area contributed by atoms with Crippen LogP contribution in [0.1, 0.15) is 34.6 Å². The number of ether oxygens (including phenoxy) is 3. The first kappa shape index (κ1) is 16.5. The summed E-state index contributed by atoms with van der Waals surface area (Å²) in [6.07, 6.45) is 0. The summed E-state index contributed by atoms with van der Waals surface area (Å²) in [6.45, 7) is 3.74. The number of hydrogen-bond acceptors (Lipinski definition) is 5. The molecule has 5 nitrogen and oxygen atoms in total. The molecule has 0 spiro atoms.